The molecule has 1 heterocycles. The number of hydrogen-bond acceptors (Lipinski definition) is 3. The van der Waals surface area contributed by atoms with E-state index in [0.717, 1.165) is 18.1 Å². The van der Waals surface area contributed by atoms with Crippen molar-refractivity contribution in [3.8, 4) is 0 Å². The molecule has 0 spiro atoms. The fourth-order valence-electron chi connectivity index (χ4n) is 1.43. The molecule has 2 fully saturated rings. The molecule has 0 bridgehead atoms. The second-order valence-corrected chi connectivity index (χ2v) is 5.00. The van der Waals surface area contributed by atoms with Crippen molar-refractivity contribution in [2.24, 2.45) is 11.3 Å². The highest BCUT2D eigenvalue weighted by Gasteiger charge is 2.44. The van der Waals surface area contributed by atoms with E-state index in [1.165, 1.54) is 12.2 Å². The standard InChI is InChI=1S/C9H14OS.CH2O2/c1-9(2)6-7(9)5-8-3-4-11-10-8;2-1-3/h5,7H,3-4,6H2,1-2H3;1H,(H,2,3). The zero-order valence-electron chi connectivity index (χ0n) is 8.53. The molecule has 1 unspecified atom stereocenters. The molecule has 1 aliphatic heterocycles. The van der Waals surface area contributed by atoms with Crippen molar-refractivity contribution in [1.82, 2.24) is 0 Å². The molecule has 0 aromatic rings. The van der Waals surface area contributed by atoms with E-state index < -0.39 is 0 Å². The average molecular weight is 216 g/mol. The Labute approximate surface area is 88.7 Å². The van der Waals surface area contributed by atoms with E-state index in [0.29, 0.717) is 5.41 Å². The van der Waals surface area contributed by atoms with Crippen LogP contribution in [0.3, 0.4) is 0 Å². The fourth-order valence-corrected chi connectivity index (χ4v) is 2.09. The summed E-state index contributed by atoms with van der Waals surface area (Å²) in [5, 5.41) is 6.89. The van der Waals surface area contributed by atoms with Crippen molar-refractivity contribution in [2.75, 3.05) is 5.75 Å². The lowest BCUT2D eigenvalue weighted by molar-refractivity contribution is -0.122. The summed E-state index contributed by atoms with van der Waals surface area (Å²) in [6.07, 6.45) is 4.79. The van der Waals surface area contributed by atoms with Crippen molar-refractivity contribution in [3.63, 3.8) is 0 Å². The molecule has 14 heavy (non-hydrogen) atoms. The van der Waals surface area contributed by atoms with Gasteiger partial charge in [-0.15, -0.1) is 0 Å². The van der Waals surface area contributed by atoms with Crippen LogP contribution in [0.2, 0.25) is 0 Å². The predicted molar refractivity (Wildman–Crippen MR) is 56.8 cm³/mol. The van der Waals surface area contributed by atoms with Gasteiger partial charge in [-0.25, -0.2) is 0 Å². The van der Waals surface area contributed by atoms with Gasteiger partial charge in [-0.05, 0) is 23.8 Å². The van der Waals surface area contributed by atoms with Crippen LogP contribution in [0.25, 0.3) is 0 Å². The first-order valence-corrected chi connectivity index (χ1v) is 5.59. The van der Waals surface area contributed by atoms with Crippen LogP contribution in [0.15, 0.2) is 11.8 Å². The minimum atomic E-state index is -0.250. The molecule has 0 aromatic carbocycles. The molecule has 0 amide bonds. The first-order chi connectivity index (χ1) is 6.60. The smallest absolute Gasteiger partial charge is 0.290 e. The third-order valence-electron chi connectivity index (χ3n) is 2.57. The van der Waals surface area contributed by atoms with Gasteiger partial charge in [0.2, 0.25) is 0 Å². The third kappa shape index (κ3) is 3.25. The van der Waals surface area contributed by atoms with Gasteiger partial charge in [-0.3, -0.25) is 4.79 Å². The van der Waals surface area contributed by atoms with E-state index in [4.69, 9.17) is 14.1 Å². The topological polar surface area (TPSA) is 46.5 Å². The first-order valence-electron chi connectivity index (χ1n) is 4.68. The maximum Gasteiger partial charge on any atom is 0.290 e. The Hall–Kier alpha value is -0.640. The largest absolute Gasteiger partial charge is 0.483 e. The summed E-state index contributed by atoms with van der Waals surface area (Å²) in [6, 6.07) is 0. The van der Waals surface area contributed by atoms with Crippen LogP contribution in [0, 0.1) is 11.3 Å². The molecule has 1 saturated carbocycles. The van der Waals surface area contributed by atoms with Crippen molar-refractivity contribution in [1.29, 1.82) is 0 Å². The van der Waals surface area contributed by atoms with Gasteiger partial charge < -0.3 is 9.29 Å². The van der Waals surface area contributed by atoms with Crippen LogP contribution in [0.4, 0.5) is 0 Å². The van der Waals surface area contributed by atoms with Gasteiger partial charge in [0.15, 0.2) is 0 Å². The SMILES string of the molecule is CC1(C)CC1C=C1CCSO1.O=CO. The molecule has 1 aliphatic carbocycles. The molecular formula is C10H16O3S. The van der Waals surface area contributed by atoms with Gasteiger partial charge in [-0.1, -0.05) is 13.8 Å². The van der Waals surface area contributed by atoms with Crippen LogP contribution < -0.4 is 0 Å². The lowest BCUT2D eigenvalue weighted by Crippen LogP contribution is -1.87. The van der Waals surface area contributed by atoms with E-state index >= 15 is 0 Å². The molecule has 80 valence electrons. The maximum absolute atomic E-state index is 8.36. The summed E-state index contributed by atoms with van der Waals surface area (Å²) in [6.45, 7) is 4.38. The van der Waals surface area contributed by atoms with Gasteiger partial charge in [0.25, 0.3) is 6.47 Å². The molecule has 1 N–H and O–H groups in total. The number of carbonyl (C=O) groups is 1. The van der Waals surface area contributed by atoms with E-state index in [9.17, 15) is 0 Å². The van der Waals surface area contributed by atoms with Gasteiger partial charge in [0.1, 0.15) is 5.76 Å². The van der Waals surface area contributed by atoms with E-state index in [1.54, 1.807) is 12.0 Å². The highest BCUT2D eigenvalue weighted by Crippen LogP contribution is 2.53. The van der Waals surface area contributed by atoms with Gasteiger partial charge in [0, 0.05) is 12.2 Å². The molecule has 1 atom stereocenters. The average Bonchev–Trinajstić information content (AvgIpc) is 2.50. The molecule has 2 aliphatic rings. The Bertz CT molecular complexity index is 228. The summed E-state index contributed by atoms with van der Waals surface area (Å²) in [5.74, 6) is 3.14. The molecule has 0 radical (unpaired) electrons. The summed E-state index contributed by atoms with van der Waals surface area (Å²) in [4.78, 5) is 8.36. The second kappa shape index (κ2) is 4.73. The number of rotatable bonds is 1. The second-order valence-electron chi connectivity index (χ2n) is 4.19. The number of allylic oxidation sites excluding steroid dienone is 2. The minimum absolute atomic E-state index is 0.250. The van der Waals surface area contributed by atoms with Crippen LogP contribution in [0.1, 0.15) is 26.7 Å². The van der Waals surface area contributed by atoms with Crippen molar-refractivity contribution in [2.45, 2.75) is 26.7 Å². The van der Waals surface area contributed by atoms with Crippen LogP contribution in [0.5, 0.6) is 0 Å². The molecule has 0 aromatic heterocycles. The van der Waals surface area contributed by atoms with Gasteiger partial charge in [-0.2, -0.15) is 0 Å². The van der Waals surface area contributed by atoms with Crippen molar-refractivity contribution < 1.29 is 14.1 Å². The Kier molecular flexibility index (Phi) is 3.86. The van der Waals surface area contributed by atoms with Crippen LogP contribution in [-0.4, -0.2) is 17.3 Å². The molecule has 4 heteroatoms. The highest BCUT2D eigenvalue weighted by atomic mass is 32.2. The van der Waals surface area contributed by atoms with E-state index in [-0.39, 0.29) is 6.47 Å². The Morgan fingerprint density at radius 1 is 1.64 bits per heavy atom. The molecule has 1 saturated heterocycles. The Morgan fingerprint density at radius 3 is 2.57 bits per heavy atom. The monoisotopic (exact) mass is 216 g/mol. The quantitative estimate of drug-likeness (QED) is 0.540. The summed E-state index contributed by atoms with van der Waals surface area (Å²) in [5.41, 5.74) is 0.559. The zero-order chi connectivity index (χ0) is 10.6. The van der Waals surface area contributed by atoms with Crippen molar-refractivity contribution >= 4 is 18.5 Å². The zero-order valence-corrected chi connectivity index (χ0v) is 9.34. The normalized spacial score (nSPS) is 30.1. The molecule has 2 rings (SSSR count). The lowest BCUT2D eigenvalue weighted by Gasteiger charge is -1.98. The maximum atomic E-state index is 8.36. The predicted octanol–water partition coefficient (Wildman–Crippen LogP) is 2.69. The fraction of sp³-hybridized carbons (Fsp3) is 0.700. The van der Waals surface area contributed by atoms with Crippen LogP contribution >= 0.6 is 12.0 Å². The number of carboxylic acid groups (broad SMARTS) is 1. The lowest BCUT2D eigenvalue weighted by atomic mass is 10.1. The van der Waals surface area contributed by atoms with Gasteiger partial charge in [0.05, 0.1) is 12.0 Å². The highest BCUT2D eigenvalue weighted by molar-refractivity contribution is 7.95. The Morgan fingerprint density at radius 2 is 2.21 bits per heavy atom. The van der Waals surface area contributed by atoms with Crippen LogP contribution in [-0.2, 0) is 8.98 Å². The third-order valence-corrected chi connectivity index (χ3v) is 3.28. The van der Waals surface area contributed by atoms with Gasteiger partial charge >= 0.3 is 0 Å². The van der Waals surface area contributed by atoms with E-state index in [2.05, 4.69) is 19.9 Å². The first kappa shape index (κ1) is 11.4. The van der Waals surface area contributed by atoms with Crippen molar-refractivity contribution in [3.05, 3.63) is 11.8 Å². The summed E-state index contributed by atoms with van der Waals surface area (Å²) >= 11 is 1.58. The molecular weight excluding hydrogens is 200 g/mol. The summed E-state index contributed by atoms with van der Waals surface area (Å²) < 4.78 is 5.37. The number of hydrogen-bond donors (Lipinski definition) is 1. The molecule has 3 nitrogen and oxygen atoms in total. The Balaban J connectivity index is 0.000000293. The van der Waals surface area contributed by atoms with E-state index in [1.807, 2.05) is 0 Å². The summed E-state index contributed by atoms with van der Waals surface area (Å²) in [7, 11) is 0. The minimum Gasteiger partial charge on any atom is -0.483 e.